The minimum absolute atomic E-state index is 0.0520. The zero-order valence-corrected chi connectivity index (χ0v) is 8.79. The molecule has 0 aromatic heterocycles. The highest BCUT2D eigenvalue weighted by Gasteiger charge is 2.33. The molecule has 76 valence electrons. The molecule has 1 fully saturated rings. The van der Waals surface area contributed by atoms with E-state index in [1.807, 2.05) is 11.8 Å². The Kier molecular flexibility index (Phi) is 3.31. The molecule has 1 aliphatic rings. The molecular weight excluding hydrogens is 164 g/mol. The summed E-state index contributed by atoms with van der Waals surface area (Å²) >= 11 is 0. The topological polar surface area (TPSA) is 46.3 Å². The van der Waals surface area contributed by atoms with Gasteiger partial charge in [-0.2, -0.15) is 0 Å². The SMILES string of the molecule is CCC1C(=O)N(C(C)C)CCC1N. The second-order valence-electron chi connectivity index (χ2n) is 4.09. The Morgan fingerprint density at radius 1 is 1.62 bits per heavy atom. The molecule has 1 rings (SSSR count). The fourth-order valence-corrected chi connectivity index (χ4v) is 1.99. The first-order chi connectivity index (χ1) is 6.07. The number of amides is 1. The summed E-state index contributed by atoms with van der Waals surface area (Å²) in [5.41, 5.74) is 5.89. The van der Waals surface area contributed by atoms with Crippen molar-refractivity contribution in [3.8, 4) is 0 Å². The Hall–Kier alpha value is -0.570. The summed E-state index contributed by atoms with van der Waals surface area (Å²) in [6, 6.07) is 0.390. The van der Waals surface area contributed by atoms with Crippen LogP contribution in [0.5, 0.6) is 0 Å². The normalized spacial score (nSPS) is 29.9. The molecule has 0 saturated carbocycles. The van der Waals surface area contributed by atoms with Crippen molar-refractivity contribution in [2.75, 3.05) is 6.54 Å². The van der Waals surface area contributed by atoms with Gasteiger partial charge in [0, 0.05) is 18.6 Å². The molecule has 0 aliphatic carbocycles. The highest BCUT2D eigenvalue weighted by Crippen LogP contribution is 2.21. The van der Waals surface area contributed by atoms with Crippen LogP contribution in [0.3, 0.4) is 0 Å². The van der Waals surface area contributed by atoms with Crippen LogP contribution < -0.4 is 5.73 Å². The van der Waals surface area contributed by atoms with Crippen LogP contribution in [0.1, 0.15) is 33.6 Å². The molecule has 13 heavy (non-hydrogen) atoms. The molecule has 2 unspecified atom stereocenters. The summed E-state index contributed by atoms with van der Waals surface area (Å²) in [5.74, 6) is 0.299. The Bertz CT molecular complexity index is 187. The number of rotatable bonds is 2. The maximum atomic E-state index is 11.9. The average molecular weight is 184 g/mol. The smallest absolute Gasteiger partial charge is 0.227 e. The standard InChI is InChI=1S/C10H20N2O/c1-4-8-9(11)5-6-12(7(2)3)10(8)13/h7-9H,4-6,11H2,1-3H3. The van der Waals surface area contributed by atoms with E-state index in [0.29, 0.717) is 6.04 Å². The van der Waals surface area contributed by atoms with Gasteiger partial charge < -0.3 is 10.6 Å². The van der Waals surface area contributed by atoms with Crippen molar-refractivity contribution in [2.24, 2.45) is 11.7 Å². The van der Waals surface area contributed by atoms with Crippen molar-refractivity contribution in [1.29, 1.82) is 0 Å². The molecule has 1 heterocycles. The summed E-state index contributed by atoms with van der Waals surface area (Å²) in [4.78, 5) is 13.8. The largest absolute Gasteiger partial charge is 0.340 e. The van der Waals surface area contributed by atoms with Gasteiger partial charge in [-0.05, 0) is 26.7 Å². The number of hydrogen-bond acceptors (Lipinski definition) is 2. The number of hydrogen-bond donors (Lipinski definition) is 1. The molecule has 0 aromatic carbocycles. The summed E-state index contributed by atoms with van der Waals surface area (Å²) in [6.07, 6.45) is 1.81. The maximum absolute atomic E-state index is 11.9. The first-order valence-electron chi connectivity index (χ1n) is 5.14. The van der Waals surface area contributed by atoms with Gasteiger partial charge in [0.15, 0.2) is 0 Å². The van der Waals surface area contributed by atoms with Crippen molar-refractivity contribution in [3.63, 3.8) is 0 Å². The van der Waals surface area contributed by atoms with E-state index in [1.165, 1.54) is 0 Å². The van der Waals surface area contributed by atoms with Gasteiger partial charge in [-0.15, -0.1) is 0 Å². The van der Waals surface area contributed by atoms with Crippen LogP contribution in [0.25, 0.3) is 0 Å². The molecule has 0 radical (unpaired) electrons. The first-order valence-corrected chi connectivity index (χ1v) is 5.14. The molecule has 1 saturated heterocycles. The molecule has 1 aliphatic heterocycles. The third kappa shape index (κ3) is 2.02. The number of nitrogens with two attached hydrogens (primary N) is 1. The monoisotopic (exact) mass is 184 g/mol. The lowest BCUT2D eigenvalue weighted by molar-refractivity contribution is -0.141. The van der Waals surface area contributed by atoms with Crippen molar-refractivity contribution in [3.05, 3.63) is 0 Å². The zero-order valence-electron chi connectivity index (χ0n) is 8.79. The van der Waals surface area contributed by atoms with Crippen molar-refractivity contribution in [2.45, 2.75) is 45.7 Å². The van der Waals surface area contributed by atoms with E-state index >= 15 is 0 Å². The Labute approximate surface area is 80.3 Å². The van der Waals surface area contributed by atoms with E-state index in [4.69, 9.17) is 5.73 Å². The first kappa shape index (κ1) is 10.5. The lowest BCUT2D eigenvalue weighted by atomic mass is 9.89. The van der Waals surface area contributed by atoms with E-state index in [9.17, 15) is 4.79 Å². The minimum Gasteiger partial charge on any atom is -0.340 e. The van der Waals surface area contributed by atoms with Crippen LogP contribution in [0.2, 0.25) is 0 Å². The highest BCUT2D eigenvalue weighted by atomic mass is 16.2. The molecular formula is C10H20N2O. The second-order valence-corrected chi connectivity index (χ2v) is 4.09. The summed E-state index contributed by atoms with van der Waals surface area (Å²) < 4.78 is 0. The van der Waals surface area contributed by atoms with E-state index in [0.717, 1.165) is 19.4 Å². The molecule has 1 amide bonds. The van der Waals surface area contributed by atoms with E-state index < -0.39 is 0 Å². The van der Waals surface area contributed by atoms with Crippen molar-refractivity contribution in [1.82, 2.24) is 4.90 Å². The van der Waals surface area contributed by atoms with Gasteiger partial charge in [0.05, 0.1) is 5.92 Å². The predicted octanol–water partition coefficient (Wildman–Crippen LogP) is 0.981. The van der Waals surface area contributed by atoms with Crippen molar-refractivity contribution >= 4 is 5.91 Å². The second kappa shape index (κ2) is 4.09. The van der Waals surface area contributed by atoms with Gasteiger partial charge in [0.25, 0.3) is 0 Å². The average Bonchev–Trinajstić information content (AvgIpc) is 2.04. The third-order valence-electron chi connectivity index (χ3n) is 2.88. The van der Waals surface area contributed by atoms with Gasteiger partial charge in [-0.3, -0.25) is 4.79 Å². The summed E-state index contributed by atoms with van der Waals surface area (Å²) in [5, 5.41) is 0. The van der Waals surface area contributed by atoms with E-state index in [2.05, 4.69) is 13.8 Å². The van der Waals surface area contributed by atoms with Gasteiger partial charge in [-0.25, -0.2) is 0 Å². The van der Waals surface area contributed by atoms with Crippen molar-refractivity contribution < 1.29 is 4.79 Å². The van der Waals surface area contributed by atoms with Crippen LogP contribution in [-0.2, 0) is 4.79 Å². The maximum Gasteiger partial charge on any atom is 0.227 e. The minimum atomic E-state index is 0.0520. The fraction of sp³-hybridized carbons (Fsp3) is 0.900. The van der Waals surface area contributed by atoms with Gasteiger partial charge >= 0.3 is 0 Å². The van der Waals surface area contributed by atoms with Crippen LogP contribution in [0.4, 0.5) is 0 Å². The zero-order chi connectivity index (χ0) is 10.0. The van der Waals surface area contributed by atoms with Crippen LogP contribution in [-0.4, -0.2) is 29.4 Å². The molecule has 0 aromatic rings. The van der Waals surface area contributed by atoms with E-state index in [1.54, 1.807) is 0 Å². The number of nitrogens with zero attached hydrogens (tertiary/aromatic N) is 1. The summed E-state index contributed by atoms with van der Waals surface area (Å²) in [6.45, 7) is 6.98. The lowest BCUT2D eigenvalue weighted by Crippen LogP contribution is -2.53. The molecule has 3 nitrogen and oxygen atoms in total. The van der Waals surface area contributed by atoms with Gasteiger partial charge in [-0.1, -0.05) is 6.92 Å². The van der Waals surface area contributed by atoms with Crippen LogP contribution in [0.15, 0.2) is 0 Å². The number of likely N-dealkylation sites (tertiary alicyclic amines) is 1. The summed E-state index contributed by atoms with van der Waals surface area (Å²) in [7, 11) is 0. The fourth-order valence-electron chi connectivity index (χ4n) is 1.99. The Morgan fingerprint density at radius 2 is 2.23 bits per heavy atom. The van der Waals surface area contributed by atoms with Crippen LogP contribution in [0, 0.1) is 5.92 Å². The number of piperidine rings is 1. The van der Waals surface area contributed by atoms with E-state index in [-0.39, 0.29) is 17.9 Å². The third-order valence-corrected chi connectivity index (χ3v) is 2.88. The Morgan fingerprint density at radius 3 is 2.69 bits per heavy atom. The molecule has 2 atom stereocenters. The van der Waals surface area contributed by atoms with Crippen LogP contribution >= 0.6 is 0 Å². The number of carbonyl (C=O) groups is 1. The molecule has 3 heteroatoms. The van der Waals surface area contributed by atoms with Gasteiger partial charge in [0.1, 0.15) is 0 Å². The van der Waals surface area contributed by atoms with Gasteiger partial charge in [0.2, 0.25) is 5.91 Å². The highest BCUT2D eigenvalue weighted by molar-refractivity contribution is 5.80. The molecule has 0 bridgehead atoms. The molecule has 2 N–H and O–H groups in total. The Balaban J connectivity index is 2.69. The quantitative estimate of drug-likeness (QED) is 0.695. The lowest BCUT2D eigenvalue weighted by Gasteiger charge is -2.38. The predicted molar refractivity (Wildman–Crippen MR) is 53.2 cm³/mol. The molecule has 0 spiro atoms. The number of carbonyl (C=O) groups excluding carboxylic acids is 1.